The number of esters is 1. The molecule has 7 rings (SSSR count). The Hall–Kier alpha value is -6.74. The van der Waals surface area contributed by atoms with Crippen LogP contribution in [-0.4, -0.2) is 69.2 Å². The second-order valence-corrected chi connectivity index (χ2v) is 12.7. The zero-order chi connectivity index (χ0) is 37.3. The Bertz CT molecular complexity index is 2360. The van der Waals surface area contributed by atoms with Gasteiger partial charge in [-0.3, -0.25) is 4.79 Å². The average molecular weight is 715 g/mol. The standard InChI is InChI=1S/C37H30O15/c1-13-2-14(35-30(12-21-23(41)7-17(39)9-29(21)50-35)52-37(49)15-4-24(42)33(47)25(43)5-15)3-18-19(10-26(44)34(48)31(18)32(13)46)36-27(45)11-20-22(40)6-16(38)8-28(20)51-36/h2-10,27,30,35-36,38-45,47-48H,11-12H2,1H3/t27-,30+,35+,36+/m0/s1. The molecule has 0 amide bonds. The van der Waals surface area contributed by atoms with Crippen LogP contribution in [0.2, 0.25) is 0 Å². The lowest BCUT2D eigenvalue weighted by molar-refractivity contribution is -0.0188. The predicted octanol–water partition coefficient (Wildman–Crippen LogP) is 3.80. The first-order chi connectivity index (χ1) is 24.6. The molecule has 0 bridgehead atoms. The molecule has 0 radical (unpaired) electrons. The summed E-state index contributed by atoms with van der Waals surface area (Å²) in [6, 6.07) is 10.1. The monoisotopic (exact) mass is 714 g/mol. The Morgan fingerprint density at radius 1 is 0.673 bits per heavy atom. The molecule has 2 aliphatic rings. The van der Waals surface area contributed by atoms with E-state index in [1.54, 1.807) is 0 Å². The average Bonchev–Trinajstić information content (AvgIpc) is 3.20. The molecule has 15 nitrogen and oxygen atoms in total. The second-order valence-electron chi connectivity index (χ2n) is 12.7. The van der Waals surface area contributed by atoms with Crippen LogP contribution >= 0.6 is 0 Å². The van der Waals surface area contributed by atoms with Crippen molar-refractivity contribution < 1.29 is 70.1 Å². The van der Waals surface area contributed by atoms with Crippen molar-refractivity contribution >= 4 is 16.7 Å². The van der Waals surface area contributed by atoms with E-state index < -0.39 is 64.6 Å². The zero-order valence-corrected chi connectivity index (χ0v) is 26.9. The van der Waals surface area contributed by atoms with Gasteiger partial charge in [-0.2, -0.15) is 0 Å². The van der Waals surface area contributed by atoms with E-state index in [0.29, 0.717) is 0 Å². The van der Waals surface area contributed by atoms with Crippen molar-refractivity contribution in [2.45, 2.75) is 44.2 Å². The van der Waals surface area contributed by atoms with Crippen LogP contribution in [-0.2, 0) is 17.6 Å². The molecule has 4 atom stereocenters. The molecule has 0 spiro atoms. The summed E-state index contributed by atoms with van der Waals surface area (Å²) in [6.07, 6.45) is -5.73. The third-order valence-corrected chi connectivity index (χ3v) is 9.18. The number of aromatic hydroxyl groups is 9. The number of phenols is 9. The molecule has 0 saturated carbocycles. The van der Waals surface area contributed by atoms with Crippen LogP contribution in [0.4, 0.5) is 0 Å². The molecule has 5 aromatic rings. The van der Waals surface area contributed by atoms with Gasteiger partial charge >= 0.3 is 5.97 Å². The SMILES string of the molecule is Cc1cc([C@H]2Oc3cc(O)cc(O)c3C[C@H]2OC(=O)c2cc(O)c(O)c(O)c2)cc2c([C@H]3Oc4cc(O)cc(O)c4C[C@@H]3O)cc(O)c(O)c2c1=O. The Labute approximate surface area is 292 Å². The Kier molecular flexibility index (Phi) is 7.94. The van der Waals surface area contributed by atoms with E-state index in [-0.39, 0.29) is 91.5 Å². The van der Waals surface area contributed by atoms with Crippen LogP contribution in [0.3, 0.4) is 0 Å². The molecule has 2 heterocycles. The number of aryl methyl sites for hydroxylation is 1. The number of rotatable bonds is 4. The smallest absolute Gasteiger partial charge is 0.338 e. The van der Waals surface area contributed by atoms with Crippen LogP contribution in [0.15, 0.2) is 59.4 Å². The van der Waals surface area contributed by atoms with Gasteiger partial charge in [0.1, 0.15) is 40.6 Å². The van der Waals surface area contributed by atoms with Gasteiger partial charge in [0.25, 0.3) is 0 Å². The number of phenolic OH excluding ortho intramolecular Hbond substituents is 9. The maximum atomic E-state index is 13.9. The molecule has 15 heteroatoms. The molecule has 5 aromatic carbocycles. The maximum absolute atomic E-state index is 13.9. The number of hydrogen-bond acceptors (Lipinski definition) is 15. The van der Waals surface area contributed by atoms with Gasteiger partial charge in [-0.15, -0.1) is 0 Å². The fraction of sp³-hybridized carbons (Fsp3) is 0.189. The molecular weight excluding hydrogens is 684 g/mol. The van der Waals surface area contributed by atoms with Crippen molar-refractivity contribution in [3.63, 3.8) is 0 Å². The minimum absolute atomic E-state index is 0.00601. The van der Waals surface area contributed by atoms with E-state index in [9.17, 15) is 60.7 Å². The predicted molar refractivity (Wildman–Crippen MR) is 179 cm³/mol. The Morgan fingerprint density at radius 2 is 1.23 bits per heavy atom. The number of ether oxygens (including phenoxy) is 3. The third kappa shape index (κ3) is 5.62. The summed E-state index contributed by atoms with van der Waals surface area (Å²) in [5.41, 5.74) is -0.600. The van der Waals surface area contributed by atoms with Crippen LogP contribution in [0.1, 0.15) is 50.4 Å². The molecule has 0 saturated heterocycles. The van der Waals surface area contributed by atoms with Crippen molar-refractivity contribution in [3.8, 4) is 63.2 Å². The van der Waals surface area contributed by atoms with Crippen molar-refractivity contribution in [1.29, 1.82) is 0 Å². The summed E-state index contributed by atoms with van der Waals surface area (Å²) < 4.78 is 18.0. The van der Waals surface area contributed by atoms with E-state index in [0.717, 1.165) is 30.3 Å². The van der Waals surface area contributed by atoms with Gasteiger partial charge in [-0.25, -0.2) is 4.79 Å². The van der Waals surface area contributed by atoms with Gasteiger partial charge in [0.2, 0.25) is 0 Å². The summed E-state index contributed by atoms with van der Waals surface area (Å²) >= 11 is 0. The first-order valence-electron chi connectivity index (χ1n) is 15.7. The van der Waals surface area contributed by atoms with Gasteiger partial charge < -0.3 is 65.3 Å². The van der Waals surface area contributed by atoms with E-state index in [1.165, 1.54) is 31.2 Å². The highest BCUT2D eigenvalue weighted by Gasteiger charge is 2.39. The highest BCUT2D eigenvalue weighted by atomic mass is 16.6. The van der Waals surface area contributed by atoms with Gasteiger partial charge in [0.15, 0.2) is 46.4 Å². The maximum Gasteiger partial charge on any atom is 0.338 e. The van der Waals surface area contributed by atoms with E-state index in [4.69, 9.17) is 14.2 Å². The topological polar surface area (TPSA) is 264 Å². The Balaban J connectivity index is 1.41. The number of carbonyl (C=O) groups is 1. The Morgan fingerprint density at radius 3 is 1.85 bits per heavy atom. The number of carbonyl (C=O) groups excluding carboxylic acids is 1. The lowest BCUT2D eigenvalue weighted by Crippen LogP contribution is -2.34. The van der Waals surface area contributed by atoms with Crippen LogP contribution in [0.25, 0.3) is 10.8 Å². The van der Waals surface area contributed by atoms with E-state index in [2.05, 4.69) is 0 Å². The van der Waals surface area contributed by atoms with Gasteiger partial charge in [0, 0.05) is 53.8 Å². The normalized spacial score (nSPS) is 19.2. The molecule has 268 valence electrons. The van der Waals surface area contributed by atoms with Gasteiger partial charge in [-0.1, -0.05) is 0 Å². The highest BCUT2D eigenvalue weighted by molar-refractivity contribution is 5.94. The first-order valence-corrected chi connectivity index (χ1v) is 15.7. The lowest BCUT2D eigenvalue weighted by atomic mass is 9.90. The number of benzene rings is 4. The van der Waals surface area contributed by atoms with Crippen LogP contribution in [0.5, 0.6) is 63.2 Å². The lowest BCUT2D eigenvalue weighted by Gasteiger charge is -2.34. The minimum atomic E-state index is -1.38. The summed E-state index contributed by atoms with van der Waals surface area (Å²) in [7, 11) is 0. The number of fused-ring (bicyclic) bond motifs is 3. The van der Waals surface area contributed by atoms with E-state index >= 15 is 0 Å². The molecule has 52 heavy (non-hydrogen) atoms. The molecule has 0 aromatic heterocycles. The molecular formula is C37H30O15. The summed E-state index contributed by atoms with van der Waals surface area (Å²) in [4.78, 5) is 27.3. The van der Waals surface area contributed by atoms with Crippen molar-refractivity contribution in [1.82, 2.24) is 0 Å². The molecule has 2 aliphatic heterocycles. The van der Waals surface area contributed by atoms with Crippen LogP contribution in [0, 0.1) is 6.92 Å². The van der Waals surface area contributed by atoms with Crippen molar-refractivity contribution in [2.75, 3.05) is 0 Å². The molecule has 0 fully saturated rings. The third-order valence-electron chi connectivity index (χ3n) is 9.18. The van der Waals surface area contributed by atoms with E-state index in [1.807, 2.05) is 0 Å². The summed E-state index contributed by atoms with van der Waals surface area (Å²) in [5, 5.41) is 104. The van der Waals surface area contributed by atoms with Gasteiger partial charge in [0.05, 0.1) is 17.1 Å². The minimum Gasteiger partial charge on any atom is -0.508 e. The van der Waals surface area contributed by atoms with Gasteiger partial charge in [-0.05, 0) is 53.8 Å². The zero-order valence-electron chi connectivity index (χ0n) is 26.9. The number of aliphatic hydroxyl groups excluding tert-OH is 1. The number of aliphatic hydroxyl groups is 1. The fourth-order valence-electron chi connectivity index (χ4n) is 6.69. The molecule has 0 aliphatic carbocycles. The molecule has 10 N–H and O–H groups in total. The first kappa shape index (κ1) is 33.7. The van der Waals surface area contributed by atoms with Crippen molar-refractivity contribution in [3.05, 3.63) is 98.2 Å². The summed E-state index contributed by atoms with van der Waals surface area (Å²) in [5.74, 6) is -6.47. The molecule has 0 unspecified atom stereocenters. The summed E-state index contributed by atoms with van der Waals surface area (Å²) in [6.45, 7) is 1.42. The van der Waals surface area contributed by atoms with Crippen molar-refractivity contribution in [2.24, 2.45) is 0 Å². The highest BCUT2D eigenvalue weighted by Crippen LogP contribution is 2.47. The largest absolute Gasteiger partial charge is 0.508 e. The van der Waals surface area contributed by atoms with Crippen LogP contribution < -0.4 is 14.9 Å². The number of hydrogen-bond donors (Lipinski definition) is 10. The quantitative estimate of drug-likeness (QED) is 0.0937. The fourth-order valence-corrected chi connectivity index (χ4v) is 6.69. The second kappa shape index (κ2) is 12.2.